The summed E-state index contributed by atoms with van der Waals surface area (Å²) in [5, 5.41) is 4.80. The number of hydrogen-bond donors (Lipinski definition) is 1. The van der Waals surface area contributed by atoms with Crippen LogP contribution in [0.3, 0.4) is 0 Å². The summed E-state index contributed by atoms with van der Waals surface area (Å²) in [6.07, 6.45) is -0.347. The maximum atomic E-state index is 7.30. The molecule has 14 heavy (non-hydrogen) atoms. The number of hydrogen-bond acceptors (Lipinski definition) is 2. The van der Waals surface area contributed by atoms with Gasteiger partial charge in [-0.05, 0) is 11.1 Å². The summed E-state index contributed by atoms with van der Waals surface area (Å²) in [6.45, 7) is 2.30. The van der Waals surface area contributed by atoms with E-state index in [1.54, 1.807) is 0 Å². The third kappa shape index (κ3) is 1.72. The van der Waals surface area contributed by atoms with Gasteiger partial charge in [0.25, 0.3) is 0 Å². The molecule has 0 saturated carbocycles. The van der Waals surface area contributed by atoms with Gasteiger partial charge in [0.2, 0.25) is 1.43 Å². The molecule has 2 nitrogen and oxygen atoms in total. The van der Waals surface area contributed by atoms with Crippen molar-refractivity contribution in [3.63, 3.8) is 0 Å². The highest BCUT2D eigenvalue weighted by molar-refractivity contribution is 5.22. The smallest absolute Gasteiger partial charge is 0.211 e. The van der Waals surface area contributed by atoms with Crippen molar-refractivity contribution < 1.29 is 11.2 Å². The quantitative estimate of drug-likeness (QED) is 0.741. The highest BCUT2D eigenvalue weighted by Gasteiger charge is 2.28. The van der Waals surface area contributed by atoms with E-state index in [9.17, 15) is 0 Å². The van der Waals surface area contributed by atoms with E-state index in [-0.39, 0.29) is 12.0 Å². The molecule has 1 fully saturated rings. The predicted molar refractivity (Wildman–Crippen MR) is 54.9 cm³/mol. The van der Waals surface area contributed by atoms with Crippen LogP contribution in [0, 0.1) is 5.92 Å². The number of benzene rings is 1. The molecule has 0 aliphatic carbocycles. The van der Waals surface area contributed by atoms with Crippen LogP contribution in [-0.4, -0.2) is 19.8 Å². The van der Waals surface area contributed by atoms with Crippen LogP contribution in [0.1, 0.15) is 13.0 Å². The van der Waals surface area contributed by atoms with Crippen LogP contribution in [0.2, 0.25) is 0 Å². The van der Waals surface area contributed by atoms with E-state index in [0.717, 1.165) is 11.1 Å². The van der Waals surface area contributed by atoms with Gasteiger partial charge in [-0.1, -0.05) is 36.9 Å². The lowest BCUT2D eigenvalue weighted by Crippen LogP contribution is -2.13. The van der Waals surface area contributed by atoms with E-state index < -0.39 is 0 Å². The molecular formula is C12H14O2. The first kappa shape index (κ1) is 7.21. The summed E-state index contributed by atoms with van der Waals surface area (Å²) in [7, 11) is 0. The average molecular weight is 192 g/mol. The maximum Gasteiger partial charge on any atom is 0.211 e. The van der Waals surface area contributed by atoms with Gasteiger partial charge in [0, 0.05) is 5.92 Å². The Hall–Kier alpha value is -1.12. The Labute approximate surface area is 86.7 Å². The standard InChI is InChI=1S/C12H14O2/c1-9-7-14-8-11(9)12(13)10-5-3-2-4-6-10/h2-6,11-13H,1,7-8H2/t11-,12-/m0/s1/i1D,13D. The Morgan fingerprint density at radius 1 is 1.57 bits per heavy atom. The molecule has 0 spiro atoms. The van der Waals surface area contributed by atoms with E-state index in [2.05, 4.69) is 0 Å². The van der Waals surface area contributed by atoms with Gasteiger partial charge in [-0.3, -0.25) is 0 Å². The molecule has 1 aliphatic heterocycles. The zero-order chi connectivity index (χ0) is 11.4. The third-order valence-corrected chi connectivity index (χ3v) is 2.54. The molecule has 2 atom stereocenters. The zero-order valence-corrected chi connectivity index (χ0v) is 7.85. The summed E-state index contributed by atoms with van der Waals surface area (Å²) in [5.41, 5.74) is 1.84. The summed E-state index contributed by atoms with van der Waals surface area (Å²) in [6, 6.07) is 9.62. The van der Waals surface area contributed by atoms with E-state index in [0.29, 0.717) is 13.2 Å². The highest BCUT2D eigenvalue weighted by Crippen LogP contribution is 2.31. The van der Waals surface area contributed by atoms with Crippen LogP contribution in [0.5, 0.6) is 0 Å². The third-order valence-electron chi connectivity index (χ3n) is 2.54. The summed E-state index contributed by atoms with van der Waals surface area (Å²) >= 11 is 0. The van der Waals surface area contributed by atoms with Crippen molar-refractivity contribution in [3.8, 4) is 0 Å². The fourth-order valence-corrected chi connectivity index (χ4v) is 1.67. The molecule has 1 aromatic carbocycles. The van der Waals surface area contributed by atoms with Gasteiger partial charge in [0.1, 0.15) is 0 Å². The Kier molecular flexibility index (Phi) is 2.03. The first-order valence-electron chi connectivity index (χ1n) is 5.67. The van der Waals surface area contributed by atoms with Crippen molar-refractivity contribution in [3.05, 3.63) is 48.0 Å². The molecule has 2 rings (SSSR count). The van der Waals surface area contributed by atoms with Crippen LogP contribution in [0.15, 0.2) is 42.5 Å². The molecule has 0 radical (unpaired) electrons. The number of rotatable bonds is 3. The number of aliphatic hydroxyl groups excluding tert-OH is 1. The Morgan fingerprint density at radius 3 is 3.14 bits per heavy atom. The van der Waals surface area contributed by atoms with Crippen molar-refractivity contribution in [2.24, 2.45) is 5.92 Å². The molecule has 1 heterocycles. The van der Waals surface area contributed by atoms with Gasteiger partial charge >= 0.3 is 0 Å². The van der Waals surface area contributed by atoms with E-state index >= 15 is 0 Å². The summed E-state index contributed by atoms with van der Waals surface area (Å²) in [5.74, 6) is -0.0163. The van der Waals surface area contributed by atoms with Gasteiger partial charge in [-0.2, -0.15) is 0 Å². The van der Waals surface area contributed by atoms with Crippen LogP contribution in [0.25, 0.3) is 0 Å². The van der Waals surface area contributed by atoms with Crippen molar-refractivity contribution in [2.45, 2.75) is 6.10 Å². The lowest BCUT2D eigenvalue weighted by Gasteiger charge is -2.17. The van der Waals surface area contributed by atoms with Crippen molar-refractivity contribution in [1.29, 1.82) is 1.43 Å². The first-order valence-corrected chi connectivity index (χ1v) is 4.68. The van der Waals surface area contributed by atoms with E-state index in [1.807, 2.05) is 30.3 Å². The van der Waals surface area contributed by atoms with Crippen LogP contribution >= 0.6 is 0 Å². The second kappa shape index (κ2) is 3.95. The highest BCUT2D eigenvalue weighted by atomic mass is 16.5. The fraction of sp³-hybridized carbons (Fsp3) is 0.333. The molecule has 0 aromatic heterocycles. The zero-order valence-electron chi connectivity index (χ0n) is 9.85. The van der Waals surface area contributed by atoms with Crippen molar-refractivity contribution >= 4 is 0 Å². The lowest BCUT2D eigenvalue weighted by molar-refractivity contribution is 0.0971. The monoisotopic (exact) mass is 192 g/mol. The molecule has 0 bridgehead atoms. The van der Waals surface area contributed by atoms with Crippen LogP contribution < -0.4 is 0 Å². The summed E-state index contributed by atoms with van der Waals surface area (Å²) < 4.78 is 19.8. The van der Waals surface area contributed by atoms with Gasteiger partial charge in [0.15, 0.2) is 0 Å². The van der Waals surface area contributed by atoms with Crippen molar-refractivity contribution in [1.82, 2.24) is 0 Å². The van der Waals surface area contributed by atoms with Gasteiger partial charge in [-0.15, -0.1) is 0 Å². The normalized spacial score (nSPS) is 28.6. The molecular weight excluding hydrogens is 176 g/mol. The minimum Gasteiger partial charge on any atom is -0.388 e. The largest absolute Gasteiger partial charge is 0.388 e. The number of aliphatic hydroxyl groups is 1. The Morgan fingerprint density at radius 2 is 2.43 bits per heavy atom. The van der Waals surface area contributed by atoms with Crippen LogP contribution in [0.4, 0.5) is 0 Å². The van der Waals surface area contributed by atoms with Gasteiger partial charge < -0.3 is 9.85 Å². The molecule has 1 aromatic rings. The lowest BCUT2D eigenvalue weighted by atomic mass is 9.92. The van der Waals surface area contributed by atoms with Gasteiger partial charge in [0.05, 0.1) is 20.7 Å². The fourth-order valence-electron chi connectivity index (χ4n) is 1.67. The molecule has 2 heteroatoms. The molecule has 1 aliphatic rings. The Bertz CT molecular complexity index is 365. The topological polar surface area (TPSA) is 29.5 Å². The Balaban J connectivity index is 2.23. The molecule has 0 amide bonds. The first-order chi connectivity index (χ1) is 7.86. The van der Waals surface area contributed by atoms with E-state index in [4.69, 9.17) is 12.6 Å². The van der Waals surface area contributed by atoms with Gasteiger partial charge in [-0.25, -0.2) is 0 Å². The minimum atomic E-state index is -0.347. The van der Waals surface area contributed by atoms with Crippen LogP contribution in [-0.2, 0) is 4.74 Å². The predicted octanol–water partition coefficient (Wildman–Crippen LogP) is 1.92. The molecule has 1 saturated heterocycles. The molecule has 0 unspecified atom stereocenters. The molecule has 1 N–H and O–H groups in total. The average Bonchev–Trinajstić information content (AvgIpc) is 2.80. The second-order valence-corrected chi connectivity index (χ2v) is 3.53. The maximum absolute atomic E-state index is 7.30. The summed E-state index contributed by atoms with van der Waals surface area (Å²) in [4.78, 5) is 0. The number of ether oxygens (including phenoxy) is 1. The second-order valence-electron chi connectivity index (χ2n) is 3.53. The molecule has 74 valence electrons. The SMILES string of the molecule is [2H]C=C1COC[C@@H]1[C@@H](O[2H])c1ccccc1. The van der Waals surface area contributed by atoms with Crippen molar-refractivity contribution in [2.75, 3.05) is 13.2 Å². The van der Waals surface area contributed by atoms with E-state index in [1.165, 1.54) is 6.55 Å². The minimum absolute atomic E-state index is 0.0163.